The molecule has 0 aliphatic carbocycles. The SMILES string of the molecule is COC1CN(c2ccc(-c3cc(F)ccc3F)cc2)C(=O)N(c2nc(C)c(S(N)(=O)=O)s2)C1. The van der Waals surface area contributed by atoms with Crippen molar-refractivity contribution in [1.82, 2.24) is 4.98 Å². The molecule has 3 aromatic rings. The fourth-order valence-electron chi connectivity index (χ4n) is 3.58. The fourth-order valence-corrected chi connectivity index (χ4v) is 5.53. The van der Waals surface area contributed by atoms with Crippen LogP contribution in [0.4, 0.5) is 24.4 Å². The first-order valence-electron chi connectivity index (χ1n) is 9.76. The third-order valence-corrected chi connectivity index (χ3v) is 7.95. The highest BCUT2D eigenvalue weighted by molar-refractivity contribution is 7.91. The largest absolute Gasteiger partial charge is 0.378 e. The van der Waals surface area contributed by atoms with Crippen molar-refractivity contribution < 1.29 is 26.7 Å². The Morgan fingerprint density at radius 1 is 1.12 bits per heavy atom. The van der Waals surface area contributed by atoms with Gasteiger partial charge in [-0.25, -0.2) is 32.1 Å². The Hall–Kier alpha value is -2.93. The summed E-state index contributed by atoms with van der Waals surface area (Å²) in [5.41, 5.74) is 1.27. The molecular weight excluding hydrogens is 474 g/mol. The number of urea groups is 1. The van der Waals surface area contributed by atoms with E-state index in [1.807, 2.05) is 0 Å². The van der Waals surface area contributed by atoms with Crippen molar-refractivity contribution in [3.8, 4) is 11.1 Å². The molecule has 8 nitrogen and oxygen atoms in total. The number of nitrogens with two attached hydrogens (primary N) is 1. The Morgan fingerprint density at radius 2 is 1.79 bits per heavy atom. The number of halogens is 2. The molecule has 2 N–H and O–H groups in total. The summed E-state index contributed by atoms with van der Waals surface area (Å²) in [6.45, 7) is 1.92. The van der Waals surface area contributed by atoms with E-state index >= 15 is 0 Å². The molecule has 2 aromatic carbocycles. The van der Waals surface area contributed by atoms with Crippen LogP contribution in [0.5, 0.6) is 0 Å². The Morgan fingerprint density at radius 3 is 2.39 bits per heavy atom. The molecule has 0 spiro atoms. The Labute approximate surface area is 193 Å². The van der Waals surface area contributed by atoms with E-state index in [-0.39, 0.29) is 39.8 Å². The molecule has 1 aromatic heterocycles. The van der Waals surface area contributed by atoms with E-state index < -0.39 is 27.7 Å². The van der Waals surface area contributed by atoms with Crippen molar-refractivity contribution in [2.24, 2.45) is 5.14 Å². The second-order valence-corrected chi connectivity index (χ2v) is 10.2. The predicted molar refractivity (Wildman–Crippen MR) is 121 cm³/mol. The number of primary sulfonamides is 1. The number of nitrogens with zero attached hydrogens (tertiary/aromatic N) is 3. The number of hydrogen-bond acceptors (Lipinski definition) is 6. The van der Waals surface area contributed by atoms with E-state index in [9.17, 15) is 22.0 Å². The topological polar surface area (TPSA) is 106 Å². The molecule has 1 atom stereocenters. The van der Waals surface area contributed by atoms with E-state index in [2.05, 4.69) is 4.98 Å². The molecule has 0 saturated carbocycles. The van der Waals surface area contributed by atoms with Gasteiger partial charge in [0.1, 0.15) is 11.6 Å². The van der Waals surface area contributed by atoms with Gasteiger partial charge in [-0.2, -0.15) is 0 Å². The van der Waals surface area contributed by atoms with Gasteiger partial charge in [0.2, 0.25) is 10.0 Å². The molecule has 1 aliphatic rings. The van der Waals surface area contributed by atoms with Crippen molar-refractivity contribution in [1.29, 1.82) is 0 Å². The minimum Gasteiger partial charge on any atom is -0.378 e. The summed E-state index contributed by atoms with van der Waals surface area (Å²) in [6.07, 6.45) is -0.384. The fraction of sp³-hybridized carbons (Fsp3) is 0.238. The molecule has 0 radical (unpaired) electrons. The normalized spacial score (nSPS) is 17.0. The minimum absolute atomic E-state index is 0.108. The van der Waals surface area contributed by atoms with Gasteiger partial charge < -0.3 is 4.74 Å². The number of methoxy groups -OCH3 is 1. The number of anilines is 2. The monoisotopic (exact) mass is 494 g/mol. The van der Waals surface area contributed by atoms with Gasteiger partial charge in [-0.3, -0.25) is 9.80 Å². The van der Waals surface area contributed by atoms with Gasteiger partial charge in [0.25, 0.3) is 0 Å². The van der Waals surface area contributed by atoms with E-state index in [0.717, 1.165) is 29.5 Å². The lowest BCUT2D eigenvalue weighted by atomic mass is 10.0. The van der Waals surface area contributed by atoms with Crippen LogP contribution in [0, 0.1) is 18.6 Å². The van der Waals surface area contributed by atoms with Crippen LogP contribution >= 0.6 is 11.3 Å². The van der Waals surface area contributed by atoms with Crippen LogP contribution < -0.4 is 14.9 Å². The van der Waals surface area contributed by atoms with Gasteiger partial charge >= 0.3 is 6.03 Å². The van der Waals surface area contributed by atoms with Gasteiger partial charge in [-0.05, 0) is 42.8 Å². The molecule has 1 aliphatic heterocycles. The molecule has 33 heavy (non-hydrogen) atoms. The van der Waals surface area contributed by atoms with Gasteiger partial charge in [0.05, 0.1) is 24.9 Å². The maximum atomic E-state index is 14.1. The van der Waals surface area contributed by atoms with Crippen LogP contribution in [0.25, 0.3) is 11.1 Å². The summed E-state index contributed by atoms with van der Waals surface area (Å²) >= 11 is 0.811. The number of hydrogen-bond donors (Lipinski definition) is 1. The number of aryl methyl sites for hydroxylation is 1. The number of carbonyl (C=O) groups is 1. The molecular formula is C21H20F2N4O4S2. The van der Waals surface area contributed by atoms with Crippen LogP contribution in [-0.4, -0.2) is 45.7 Å². The van der Waals surface area contributed by atoms with Crippen molar-refractivity contribution in [3.63, 3.8) is 0 Å². The summed E-state index contributed by atoms with van der Waals surface area (Å²) in [7, 11) is -2.47. The number of sulfonamides is 1. The van der Waals surface area contributed by atoms with Crippen LogP contribution in [-0.2, 0) is 14.8 Å². The highest BCUT2D eigenvalue weighted by Crippen LogP contribution is 2.33. The summed E-state index contributed by atoms with van der Waals surface area (Å²) in [5, 5.41) is 5.43. The lowest BCUT2D eigenvalue weighted by Gasteiger charge is -2.38. The van der Waals surface area contributed by atoms with Crippen LogP contribution in [0.1, 0.15) is 5.69 Å². The van der Waals surface area contributed by atoms with Crippen molar-refractivity contribution in [2.75, 3.05) is 30.0 Å². The summed E-state index contributed by atoms with van der Waals surface area (Å²) in [4.78, 5) is 20.3. The first-order chi connectivity index (χ1) is 15.6. The molecule has 174 valence electrons. The highest BCUT2D eigenvalue weighted by Gasteiger charge is 2.36. The third-order valence-electron chi connectivity index (χ3n) is 5.22. The molecule has 2 heterocycles. The number of aromatic nitrogens is 1. The van der Waals surface area contributed by atoms with Crippen molar-refractivity contribution >= 4 is 38.2 Å². The number of carbonyl (C=O) groups excluding carboxylic acids is 1. The Kier molecular flexibility index (Phi) is 6.18. The first kappa shape index (κ1) is 23.2. The van der Waals surface area contributed by atoms with Crippen LogP contribution in [0.3, 0.4) is 0 Å². The van der Waals surface area contributed by atoms with Gasteiger partial charge in [0.15, 0.2) is 9.34 Å². The minimum atomic E-state index is -3.98. The maximum absolute atomic E-state index is 14.1. The molecule has 1 unspecified atom stereocenters. The van der Waals surface area contributed by atoms with Gasteiger partial charge in [-0.1, -0.05) is 23.5 Å². The number of ether oxygens (including phenoxy) is 1. The van der Waals surface area contributed by atoms with Crippen molar-refractivity contribution in [2.45, 2.75) is 17.2 Å². The van der Waals surface area contributed by atoms with Crippen LogP contribution in [0.15, 0.2) is 46.7 Å². The van der Waals surface area contributed by atoms with E-state index in [1.54, 1.807) is 24.3 Å². The average Bonchev–Trinajstić information content (AvgIpc) is 3.18. The smallest absolute Gasteiger partial charge is 0.330 e. The molecule has 1 fully saturated rings. The first-order valence-corrected chi connectivity index (χ1v) is 12.1. The Balaban J connectivity index is 1.66. The highest BCUT2D eigenvalue weighted by atomic mass is 32.2. The predicted octanol–water partition coefficient (Wildman–Crippen LogP) is 3.51. The Bertz CT molecular complexity index is 1310. The van der Waals surface area contributed by atoms with Gasteiger partial charge in [-0.15, -0.1) is 0 Å². The van der Waals surface area contributed by atoms with Gasteiger partial charge in [0, 0.05) is 18.4 Å². The summed E-state index contributed by atoms with van der Waals surface area (Å²) in [6, 6.07) is 9.20. The van der Waals surface area contributed by atoms with E-state index in [0.29, 0.717) is 11.3 Å². The second-order valence-electron chi connectivity index (χ2n) is 7.45. The second kappa shape index (κ2) is 8.78. The number of rotatable bonds is 5. The summed E-state index contributed by atoms with van der Waals surface area (Å²) in [5.74, 6) is -1.12. The standard InChI is InChI=1S/C21H20F2N4O4S2/c1-12-19(33(24,29)30)32-20(25-12)27-11-16(31-2)10-26(21(27)28)15-6-3-13(4-7-15)17-9-14(22)5-8-18(17)23/h3-9,16H,10-11H2,1-2H3,(H2,24,29,30). The lowest BCUT2D eigenvalue weighted by Crippen LogP contribution is -2.56. The van der Waals surface area contributed by atoms with E-state index in [1.165, 1.54) is 23.8 Å². The molecule has 1 saturated heterocycles. The van der Waals surface area contributed by atoms with Crippen LogP contribution in [0.2, 0.25) is 0 Å². The number of amides is 2. The zero-order valence-corrected chi connectivity index (χ0v) is 19.3. The molecule has 2 amide bonds. The zero-order valence-electron chi connectivity index (χ0n) is 17.7. The molecule has 4 rings (SSSR count). The summed E-state index contributed by atoms with van der Waals surface area (Å²) < 4.78 is 56.6. The van der Waals surface area contributed by atoms with E-state index in [4.69, 9.17) is 9.88 Å². The quantitative estimate of drug-likeness (QED) is 0.584. The number of thiazole rings is 1. The van der Waals surface area contributed by atoms with Crippen molar-refractivity contribution in [3.05, 3.63) is 59.8 Å². The zero-order chi connectivity index (χ0) is 23.9. The number of benzene rings is 2. The third kappa shape index (κ3) is 4.60. The molecule has 0 bridgehead atoms. The average molecular weight is 495 g/mol. The lowest BCUT2D eigenvalue weighted by molar-refractivity contribution is 0.107. The maximum Gasteiger partial charge on any atom is 0.330 e. The molecule has 12 heteroatoms.